The molecule has 1 N–H and O–H groups in total. The van der Waals surface area contributed by atoms with Gasteiger partial charge in [0.1, 0.15) is 0 Å². The highest BCUT2D eigenvalue weighted by atomic mass is 16.5. The van der Waals surface area contributed by atoms with Crippen molar-refractivity contribution in [2.45, 2.75) is 69.9 Å². The first-order valence-corrected chi connectivity index (χ1v) is 10.1. The highest BCUT2D eigenvalue weighted by molar-refractivity contribution is 5.78. The van der Waals surface area contributed by atoms with Crippen LogP contribution in [0.4, 0.5) is 4.79 Å². The topological polar surface area (TPSA) is 61.9 Å². The Morgan fingerprint density at radius 2 is 1.80 bits per heavy atom. The third-order valence-electron chi connectivity index (χ3n) is 7.00. The van der Waals surface area contributed by atoms with E-state index in [1.54, 1.807) is 0 Å². The lowest BCUT2D eigenvalue weighted by Crippen LogP contribution is -2.54. The van der Waals surface area contributed by atoms with Gasteiger partial charge in [-0.25, -0.2) is 4.79 Å². The lowest BCUT2D eigenvalue weighted by atomic mass is 9.75. The van der Waals surface area contributed by atoms with Gasteiger partial charge in [0, 0.05) is 51.4 Å². The molecule has 1 atom stereocenters. The number of carbonyl (C=O) groups excluding carboxylic acids is 2. The van der Waals surface area contributed by atoms with Crippen LogP contribution in [0.3, 0.4) is 0 Å². The molecule has 6 nitrogen and oxygen atoms in total. The normalized spacial score (nSPS) is 30.2. The van der Waals surface area contributed by atoms with Gasteiger partial charge in [-0.15, -0.1) is 0 Å². The van der Waals surface area contributed by atoms with Crippen LogP contribution in [0.1, 0.15) is 57.8 Å². The minimum atomic E-state index is 0.101. The molecule has 3 heterocycles. The molecule has 6 heteroatoms. The van der Waals surface area contributed by atoms with Crippen LogP contribution < -0.4 is 5.32 Å². The van der Waals surface area contributed by atoms with E-state index in [1.807, 2.05) is 9.80 Å². The van der Waals surface area contributed by atoms with Crippen molar-refractivity contribution in [1.82, 2.24) is 15.1 Å². The highest BCUT2D eigenvalue weighted by Gasteiger charge is 2.45. The van der Waals surface area contributed by atoms with Crippen LogP contribution in [0.15, 0.2) is 0 Å². The van der Waals surface area contributed by atoms with Gasteiger partial charge in [0.25, 0.3) is 0 Å². The predicted molar refractivity (Wildman–Crippen MR) is 94.2 cm³/mol. The minimum Gasteiger partial charge on any atom is -0.381 e. The molecule has 1 saturated carbocycles. The summed E-state index contributed by atoms with van der Waals surface area (Å²) in [4.78, 5) is 28.7. The van der Waals surface area contributed by atoms with Crippen LogP contribution in [0, 0.1) is 5.41 Å². The van der Waals surface area contributed by atoms with Crippen molar-refractivity contribution in [2.75, 3.05) is 32.8 Å². The summed E-state index contributed by atoms with van der Waals surface area (Å²) < 4.78 is 5.54. The van der Waals surface area contributed by atoms with Gasteiger partial charge in [-0.2, -0.15) is 0 Å². The van der Waals surface area contributed by atoms with Gasteiger partial charge in [0.2, 0.25) is 5.91 Å². The fraction of sp³-hybridized carbons (Fsp3) is 0.895. The number of ether oxygens (including phenoxy) is 1. The van der Waals surface area contributed by atoms with Crippen molar-refractivity contribution in [2.24, 2.45) is 5.41 Å². The molecule has 0 aromatic rings. The van der Waals surface area contributed by atoms with Gasteiger partial charge < -0.3 is 19.9 Å². The summed E-state index contributed by atoms with van der Waals surface area (Å²) in [6, 6.07) is 0.748. The number of rotatable bonds is 2. The maximum absolute atomic E-state index is 12.8. The molecule has 3 amide bonds. The van der Waals surface area contributed by atoms with Crippen molar-refractivity contribution < 1.29 is 14.3 Å². The third-order valence-corrected chi connectivity index (χ3v) is 7.00. The lowest BCUT2D eigenvalue weighted by Gasteiger charge is -2.41. The maximum atomic E-state index is 12.8. The summed E-state index contributed by atoms with van der Waals surface area (Å²) in [5.74, 6) is 0.301. The zero-order valence-corrected chi connectivity index (χ0v) is 15.2. The van der Waals surface area contributed by atoms with Gasteiger partial charge in [-0.05, 0) is 50.4 Å². The van der Waals surface area contributed by atoms with Crippen molar-refractivity contribution >= 4 is 11.9 Å². The SMILES string of the molecule is O=C(NC1CCCC12CCOCC2)N1CCC(N2CCCC2=O)CC1. The average molecular weight is 349 g/mol. The largest absolute Gasteiger partial charge is 0.381 e. The average Bonchev–Trinajstić information content (AvgIpc) is 3.23. The number of likely N-dealkylation sites (tertiary alicyclic amines) is 2. The molecule has 0 aromatic carbocycles. The molecule has 4 rings (SSSR count). The first-order chi connectivity index (χ1) is 12.2. The highest BCUT2D eigenvalue weighted by Crippen LogP contribution is 2.46. The first-order valence-electron chi connectivity index (χ1n) is 10.1. The van der Waals surface area contributed by atoms with Crippen LogP contribution in [0.5, 0.6) is 0 Å². The van der Waals surface area contributed by atoms with Gasteiger partial charge in [0.05, 0.1) is 0 Å². The molecule has 1 spiro atoms. The van der Waals surface area contributed by atoms with Crippen molar-refractivity contribution in [3.8, 4) is 0 Å². The minimum absolute atomic E-state index is 0.101. The van der Waals surface area contributed by atoms with Gasteiger partial charge in [-0.3, -0.25) is 4.79 Å². The quantitative estimate of drug-likeness (QED) is 0.831. The van der Waals surface area contributed by atoms with E-state index < -0.39 is 0 Å². The maximum Gasteiger partial charge on any atom is 0.317 e. The van der Waals surface area contributed by atoms with E-state index in [2.05, 4.69) is 5.32 Å². The molecular weight excluding hydrogens is 318 g/mol. The summed E-state index contributed by atoms with van der Waals surface area (Å²) in [7, 11) is 0. The Morgan fingerprint density at radius 3 is 2.48 bits per heavy atom. The van der Waals surface area contributed by atoms with Crippen LogP contribution >= 0.6 is 0 Å². The Labute approximate surface area is 150 Å². The molecule has 1 unspecified atom stereocenters. The molecule has 1 aliphatic carbocycles. The molecular formula is C19H31N3O3. The zero-order valence-electron chi connectivity index (χ0n) is 15.2. The monoisotopic (exact) mass is 349 g/mol. The lowest BCUT2D eigenvalue weighted by molar-refractivity contribution is -0.130. The number of piperidine rings is 1. The molecule has 0 bridgehead atoms. The predicted octanol–water partition coefficient (Wildman–Crippen LogP) is 2.13. The summed E-state index contributed by atoms with van der Waals surface area (Å²) in [6.45, 7) is 4.11. The Kier molecular flexibility index (Phi) is 4.89. The fourth-order valence-corrected chi connectivity index (χ4v) is 5.42. The van der Waals surface area contributed by atoms with Crippen LogP contribution in [0.2, 0.25) is 0 Å². The number of hydrogen-bond donors (Lipinski definition) is 1. The molecule has 25 heavy (non-hydrogen) atoms. The second-order valence-corrected chi connectivity index (χ2v) is 8.28. The second-order valence-electron chi connectivity index (χ2n) is 8.28. The Morgan fingerprint density at radius 1 is 1.04 bits per heavy atom. The van der Waals surface area contributed by atoms with Crippen molar-refractivity contribution in [3.63, 3.8) is 0 Å². The van der Waals surface area contributed by atoms with E-state index in [-0.39, 0.29) is 11.4 Å². The fourth-order valence-electron chi connectivity index (χ4n) is 5.42. The van der Waals surface area contributed by atoms with Crippen molar-refractivity contribution in [3.05, 3.63) is 0 Å². The van der Waals surface area contributed by atoms with Crippen LogP contribution in [-0.4, -0.2) is 66.7 Å². The Bertz CT molecular complexity index is 510. The third kappa shape index (κ3) is 3.37. The summed E-state index contributed by atoms with van der Waals surface area (Å²) in [6.07, 6.45) is 9.23. The van der Waals surface area contributed by atoms with E-state index in [4.69, 9.17) is 4.74 Å². The van der Waals surface area contributed by atoms with Crippen LogP contribution in [0.25, 0.3) is 0 Å². The van der Waals surface area contributed by atoms with E-state index in [9.17, 15) is 9.59 Å². The Balaban J connectivity index is 1.29. The number of nitrogens with zero attached hydrogens (tertiary/aromatic N) is 2. The van der Waals surface area contributed by atoms with Gasteiger partial charge in [0.15, 0.2) is 0 Å². The van der Waals surface area contributed by atoms with Crippen molar-refractivity contribution in [1.29, 1.82) is 0 Å². The molecule has 0 aromatic heterocycles. The van der Waals surface area contributed by atoms with Crippen LogP contribution in [-0.2, 0) is 9.53 Å². The standard InChI is InChI=1S/C19H31N3O3/c23-17-4-2-10-22(17)15-5-11-21(12-6-15)18(24)20-16-3-1-7-19(16)8-13-25-14-9-19/h15-16H,1-14H2,(H,20,24). The summed E-state index contributed by atoms with van der Waals surface area (Å²) in [5.41, 5.74) is 0.272. The number of nitrogens with one attached hydrogen (secondary N) is 1. The van der Waals surface area contributed by atoms with E-state index >= 15 is 0 Å². The molecule has 3 aliphatic heterocycles. The number of amides is 3. The summed E-state index contributed by atoms with van der Waals surface area (Å²) in [5, 5.41) is 3.35. The van der Waals surface area contributed by atoms with E-state index in [0.29, 0.717) is 24.4 Å². The first kappa shape index (κ1) is 17.1. The number of urea groups is 1. The van der Waals surface area contributed by atoms with E-state index in [1.165, 1.54) is 12.8 Å². The van der Waals surface area contributed by atoms with Gasteiger partial charge in [-0.1, -0.05) is 6.42 Å². The smallest absolute Gasteiger partial charge is 0.317 e. The molecule has 4 aliphatic rings. The summed E-state index contributed by atoms with van der Waals surface area (Å²) >= 11 is 0. The van der Waals surface area contributed by atoms with E-state index in [0.717, 1.165) is 71.4 Å². The number of carbonyl (C=O) groups is 2. The number of hydrogen-bond acceptors (Lipinski definition) is 3. The Hall–Kier alpha value is -1.30. The second kappa shape index (κ2) is 7.14. The molecule has 0 radical (unpaired) electrons. The molecule has 3 saturated heterocycles. The van der Waals surface area contributed by atoms with Gasteiger partial charge >= 0.3 is 6.03 Å². The molecule has 4 fully saturated rings. The zero-order chi connectivity index (χ0) is 17.3. The molecule has 140 valence electrons.